The van der Waals surface area contributed by atoms with Gasteiger partial charge in [-0.15, -0.1) is 0 Å². The van der Waals surface area contributed by atoms with Gasteiger partial charge in [0, 0.05) is 31.6 Å². The third-order valence-electron chi connectivity index (χ3n) is 6.64. The fourth-order valence-corrected chi connectivity index (χ4v) is 4.89. The quantitative estimate of drug-likeness (QED) is 0.705. The topological polar surface area (TPSA) is 57.2 Å². The number of halogens is 1. The zero-order valence-electron chi connectivity index (χ0n) is 16.9. The number of rotatable bonds is 4. The van der Waals surface area contributed by atoms with Gasteiger partial charge in [0.05, 0.1) is 23.8 Å². The van der Waals surface area contributed by atoms with Crippen LogP contribution in [0.25, 0.3) is 0 Å². The van der Waals surface area contributed by atoms with Crippen LogP contribution in [0.1, 0.15) is 48.5 Å². The highest BCUT2D eigenvalue weighted by Crippen LogP contribution is 2.51. The summed E-state index contributed by atoms with van der Waals surface area (Å²) >= 11 is 6.40. The van der Waals surface area contributed by atoms with E-state index in [1.165, 1.54) is 7.11 Å². The zero-order chi connectivity index (χ0) is 20.1. The van der Waals surface area contributed by atoms with E-state index in [4.69, 9.17) is 30.5 Å². The van der Waals surface area contributed by atoms with Crippen molar-refractivity contribution in [2.24, 2.45) is 5.92 Å². The first kappa shape index (κ1) is 19.8. The van der Waals surface area contributed by atoms with Gasteiger partial charge >= 0.3 is 5.97 Å². The Hall–Kier alpha value is -1.50. The maximum atomic E-state index is 12.0. The van der Waals surface area contributed by atoms with Gasteiger partial charge in [0.2, 0.25) is 0 Å². The SMILES string of the molecule is COC(=O)c1cc(Cl)c2c(c1C)OC(C)(C1CCN(C3CC(OC)C3)CC1)O2. The van der Waals surface area contributed by atoms with E-state index in [2.05, 4.69) is 4.90 Å². The molecule has 0 bridgehead atoms. The number of hydrogen-bond acceptors (Lipinski definition) is 6. The van der Waals surface area contributed by atoms with Crippen LogP contribution in [0, 0.1) is 12.8 Å². The molecule has 1 aliphatic carbocycles. The van der Waals surface area contributed by atoms with Crippen molar-refractivity contribution in [1.82, 2.24) is 4.90 Å². The van der Waals surface area contributed by atoms with Gasteiger partial charge in [0.15, 0.2) is 11.5 Å². The molecule has 3 aliphatic rings. The minimum atomic E-state index is -0.772. The number of piperidine rings is 1. The van der Waals surface area contributed by atoms with Crippen molar-refractivity contribution < 1.29 is 23.7 Å². The molecule has 4 rings (SSSR count). The summed E-state index contributed by atoms with van der Waals surface area (Å²) in [4.78, 5) is 14.6. The summed E-state index contributed by atoms with van der Waals surface area (Å²) in [6.45, 7) is 5.88. The summed E-state index contributed by atoms with van der Waals surface area (Å²) in [5.74, 6) is 0.138. The van der Waals surface area contributed by atoms with Gasteiger partial charge in [-0.3, -0.25) is 0 Å². The number of methoxy groups -OCH3 is 2. The van der Waals surface area contributed by atoms with E-state index in [-0.39, 0.29) is 5.92 Å². The van der Waals surface area contributed by atoms with Crippen molar-refractivity contribution in [3.05, 3.63) is 22.2 Å². The Labute approximate surface area is 171 Å². The Bertz CT molecular complexity index is 771. The van der Waals surface area contributed by atoms with Crippen LogP contribution in [-0.4, -0.2) is 56.1 Å². The summed E-state index contributed by atoms with van der Waals surface area (Å²) in [6, 6.07) is 2.24. The Morgan fingerprint density at radius 3 is 2.46 bits per heavy atom. The summed E-state index contributed by atoms with van der Waals surface area (Å²) in [6.07, 6.45) is 4.67. The molecule has 0 spiro atoms. The Morgan fingerprint density at radius 2 is 1.86 bits per heavy atom. The molecule has 7 heteroatoms. The molecule has 1 unspecified atom stereocenters. The van der Waals surface area contributed by atoms with Crippen LogP contribution >= 0.6 is 11.6 Å². The molecule has 154 valence electrons. The third-order valence-corrected chi connectivity index (χ3v) is 6.93. The molecule has 1 atom stereocenters. The molecule has 0 N–H and O–H groups in total. The van der Waals surface area contributed by atoms with Crippen LogP contribution in [0.3, 0.4) is 0 Å². The van der Waals surface area contributed by atoms with E-state index in [1.807, 2.05) is 13.8 Å². The summed E-state index contributed by atoms with van der Waals surface area (Å²) in [7, 11) is 3.15. The lowest BCUT2D eigenvalue weighted by Gasteiger charge is -2.46. The van der Waals surface area contributed by atoms with Crippen LogP contribution in [0.2, 0.25) is 5.02 Å². The van der Waals surface area contributed by atoms with Crippen molar-refractivity contribution >= 4 is 17.6 Å². The number of carbonyl (C=O) groups excluding carboxylic acids is 1. The summed E-state index contributed by atoms with van der Waals surface area (Å²) < 4.78 is 22.8. The molecule has 2 fully saturated rings. The van der Waals surface area contributed by atoms with Gasteiger partial charge in [0.25, 0.3) is 5.79 Å². The number of nitrogens with zero attached hydrogens (tertiary/aromatic N) is 1. The predicted molar refractivity (Wildman–Crippen MR) is 105 cm³/mol. The smallest absolute Gasteiger partial charge is 0.338 e. The molecule has 2 aliphatic heterocycles. The van der Waals surface area contributed by atoms with Gasteiger partial charge in [-0.25, -0.2) is 4.79 Å². The van der Waals surface area contributed by atoms with Crippen LogP contribution in [0.15, 0.2) is 6.07 Å². The fourth-order valence-electron chi connectivity index (χ4n) is 4.65. The molecule has 1 saturated carbocycles. The highest BCUT2D eigenvalue weighted by molar-refractivity contribution is 6.32. The lowest BCUT2D eigenvalue weighted by molar-refractivity contribution is -0.131. The predicted octanol–water partition coefficient (Wildman–Crippen LogP) is 3.81. The monoisotopic (exact) mass is 409 g/mol. The number of ether oxygens (including phenoxy) is 4. The van der Waals surface area contributed by atoms with Crippen LogP contribution in [0.4, 0.5) is 0 Å². The maximum absolute atomic E-state index is 12.0. The first-order chi connectivity index (χ1) is 13.4. The molecule has 1 aromatic rings. The first-order valence-electron chi connectivity index (χ1n) is 9.92. The molecule has 6 nitrogen and oxygen atoms in total. The van der Waals surface area contributed by atoms with E-state index >= 15 is 0 Å². The molecule has 1 aromatic carbocycles. The van der Waals surface area contributed by atoms with E-state index in [0.717, 1.165) is 38.8 Å². The van der Waals surface area contributed by atoms with E-state index in [1.54, 1.807) is 13.2 Å². The number of esters is 1. The van der Waals surface area contributed by atoms with Crippen molar-refractivity contribution in [1.29, 1.82) is 0 Å². The molecule has 28 heavy (non-hydrogen) atoms. The molecule has 0 radical (unpaired) electrons. The summed E-state index contributed by atoms with van der Waals surface area (Å²) in [5, 5.41) is 0.377. The highest BCUT2D eigenvalue weighted by Gasteiger charge is 2.48. The summed E-state index contributed by atoms with van der Waals surface area (Å²) in [5.41, 5.74) is 1.11. The lowest BCUT2D eigenvalue weighted by atomic mass is 9.83. The van der Waals surface area contributed by atoms with Gasteiger partial charge in [0.1, 0.15) is 0 Å². The highest BCUT2D eigenvalue weighted by atomic mass is 35.5. The van der Waals surface area contributed by atoms with E-state index in [0.29, 0.717) is 39.8 Å². The van der Waals surface area contributed by atoms with Crippen molar-refractivity contribution in [2.45, 2.75) is 57.5 Å². The van der Waals surface area contributed by atoms with Crippen molar-refractivity contribution in [2.75, 3.05) is 27.3 Å². The second-order valence-corrected chi connectivity index (χ2v) is 8.60. The molecule has 1 saturated heterocycles. The Kier molecular flexibility index (Phi) is 5.23. The minimum Gasteiger partial charge on any atom is -0.465 e. The maximum Gasteiger partial charge on any atom is 0.338 e. The minimum absolute atomic E-state index is 0.256. The van der Waals surface area contributed by atoms with Crippen molar-refractivity contribution in [3.8, 4) is 11.5 Å². The van der Waals surface area contributed by atoms with Gasteiger partial charge in [-0.1, -0.05) is 11.6 Å². The largest absolute Gasteiger partial charge is 0.465 e. The standard InChI is InChI=1S/C21H28ClNO5/c1-12-16(20(24)26-4)11-17(22)19-18(12)27-21(2,28-19)13-5-7-23(8-6-13)14-9-15(10-14)25-3/h11,13-15H,5-10H2,1-4H3. The number of benzene rings is 1. The zero-order valence-corrected chi connectivity index (χ0v) is 17.7. The van der Waals surface area contributed by atoms with Crippen molar-refractivity contribution in [3.63, 3.8) is 0 Å². The second-order valence-electron chi connectivity index (χ2n) is 8.19. The van der Waals surface area contributed by atoms with Gasteiger partial charge in [-0.05, 0) is 51.8 Å². The van der Waals surface area contributed by atoms with Crippen LogP contribution in [0.5, 0.6) is 11.5 Å². The van der Waals surface area contributed by atoms with Gasteiger partial charge in [-0.2, -0.15) is 0 Å². The second kappa shape index (κ2) is 7.39. The molecular weight excluding hydrogens is 382 g/mol. The average Bonchev–Trinajstić information content (AvgIpc) is 3.03. The fraction of sp³-hybridized carbons (Fsp3) is 0.667. The number of carbonyl (C=O) groups is 1. The molecular formula is C21H28ClNO5. The number of likely N-dealkylation sites (tertiary alicyclic amines) is 1. The lowest BCUT2D eigenvalue weighted by Crippen LogP contribution is -2.54. The number of hydrogen-bond donors (Lipinski definition) is 0. The van der Waals surface area contributed by atoms with E-state index < -0.39 is 11.8 Å². The normalized spacial score (nSPS) is 30.2. The van der Waals surface area contributed by atoms with E-state index in [9.17, 15) is 4.79 Å². The Balaban J connectivity index is 1.46. The number of fused-ring (bicyclic) bond motifs is 1. The first-order valence-corrected chi connectivity index (χ1v) is 10.3. The van der Waals surface area contributed by atoms with Crippen LogP contribution < -0.4 is 9.47 Å². The van der Waals surface area contributed by atoms with Crippen LogP contribution in [-0.2, 0) is 9.47 Å². The van der Waals surface area contributed by atoms with Gasteiger partial charge < -0.3 is 23.8 Å². The molecule has 0 amide bonds. The molecule has 0 aromatic heterocycles. The average molecular weight is 410 g/mol. The molecule has 2 heterocycles. The Morgan fingerprint density at radius 1 is 1.21 bits per heavy atom. The third kappa shape index (κ3) is 3.25.